The Hall–Kier alpha value is -5.12. The van der Waals surface area contributed by atoms with Gasteiger partial charge in [-0.2, -0.15) is 15.2 Å². The molecule has 0 unspecified atom stereocenters. The number of carbonyl (C=O) groups excluding carboxylic acids is 1. The number of nitrogens with zero attached hydrogens (tertiary/aromatic N) is 4. The number of alkyl halides is 1. The lowest BCUT2D eigenvalue weighted by Gasteiger charge is -2.15. The van der Waals surface area contributed by atoms with E-state index in [1.54, 1.807) is 43.3 Å². The van der Waals surface area contributed by atoms with Gasteiger partial charge in [0.05, 0.1) is 28.2 Å². The molecule has 0 saturated heterocycles. The first kappa shape index (κ1) is 31.8. The van der Waals surface area contributed by atoms with E-state index in [9.17, 15) is 20.2 Å². The fourth-order valence-corrected chi connectivity index (χ4v) is 4.23. The van der Waals surface area contributed by atoms with Crippen LogP contribution in [0, 0.1) is 28.4 Å². The van der Waals surface area contributed by atoms with Crippen molar-refractivity contribution in [2.45, 2.75) is 20.3 Å². The first-order valence-electron chi connectivity index (χ1n) is 13.0. The minimum absolute atomic E-state index is 0.0610. The molecule has 0 aliphatic heterocycles. The highest BCUT2D eigenvalue weighted by atomic mass is 35.5. The lowest BCUT2D eigenvalue weighted by atomic mass is 10.1. The monoisotopic (exact) mass is 638 g/mol. The average Bonchev–Trinajstić information content (AvgIpc) is 2.97. The van der Waals surface area contributed by atoms with Crippen molar-refractivity contribution in [3.8, 4) is 46.8 Å². The number of esters is 1. The van der Waals surface area contributed by atoms with Gasteiger partial charge in [-0.25, -0.2) is 4.79 Å². The van der Waals surface area contributed by atoms with Gasteiger partial charge in [0.25, 0.3) is 0 Å². The summed E-state index contributed by atoms with van der Waals surface area (Å²) in [4.78, 5) is 31.6. The molecule has 1 heterocycles. The maximum absolute atomic E-state index is 12.3. The molecule has 4 rings (SSSR count). The van der Waals surface area contributed by atoms with E-state index in [2.05, 4.69) is 9.97 Å². The predicted molar refractivity (Wildman–Crippen MR) is 159 cm³/mol. The third-order valence-corrected chi connectivity index (χ3v) is 6.15. The molecule has 226 valence electrons. The number of hydrogen-bond acceptors (Lipinski definition) is 11. The Kier molecular flexibility index (Phi) is 10.7. The number of benzene rings is 3. The van der Waals surface area contributed by atoms with Gasteiger partial charge in [0, 0.05) is 11.9 Å². The van der Waals surface area contributed by atoms with Crippen LogP contribution in [0.1, 0.15) is 23.6 Å². The Morgan fingerprint density at radius 3 is 2.48 bits per heavy atom. The number of rotatable bonds is 13. The van der Waals surface area contributed by atoms with Crippen molar-refractivity contribution < 1.29 is 33.4 Å². The molecule has 0 bridgehead atoms. The number of para-hydroxylation sites is 1. The molecule has 1 aromatic heterocycles. The molecule has 0 N–H and O–H groups in total. The van der Waals surface area contributed by atoms with Crippen LogP contribution in [0.3, 0.4) is 0 Å². The van der Waals surface area contributed by atoms with E-state index in [1.807, 2.05) is 19.1 Å². The van der Waals surface area contributed by atoms with Crippen molar-refractivity contribution in [2.24, 2.45) is 0 Å². The minimum Gasteiger partial charge on any atom is -0.463 e. The number of halogens is 2. The number of nitro groups is 1. The molecule has 0 atom stereocenters. The van der Waals surface area contributed by atoms with Gasteiger partial charge in [-0.1, -0.05) is 29.8 Å². The predicted octanol–water partition coefficient (Wildman–Crippen LogP) is 7.32. The van der Waals surface area contributed by atoms with Crippen molar-refractivity contribution in [3.05, 3.63) is 92.5 Å². The fourth-order valence-electron chi connectivity index (χ4n) is 3.83. The third kappa shape index (κ3) is 8.25. The van der Waals surface area contributed by atoms with E-state index in [0.717, 1.165) is 11.1 Å². The zero-order valence-electron chi connectivity index (χ0n) is 23.4. The van der Waals surface area contributed by atoms with Crippen molar-refractivity contribution >= 4 is 34.9 Å². The standard InChI is InChI=1S/C30H24Cl2N4O8/c1-3-40-26(37)17-41-28-27(36(38)39)29(35-30(34-28)42-21-13-18(2)12-19(14-21)10-11-31)44-25-15-20(16-33)8-9-24(25)43-23-7-5-4-6-22(23)32/h4-9,12-15H,3,10-11,17H2,1-2H3. The molecular formula is C30H24Cl2N4O8. The summed E-state index contributed by atoms with van der Waals surface area (Å²) in [6.45, 7) is 2.82. The van der Waals surface area contributed by atoms with Crippen LogP contribution in [0.5, 0.6) is 40.8 Å². The smallest absolute Gasteiger partial charge is 0.392 e. The first-order valence-corrected chi connectivity index (χ1v) is 14.0. The van der Waals surface area contributed by atoms with Gasteiger partial charge in [0.1, 0.15) is 11.5 Å². The Bertz CT molecular complexity index is 1730. The summed E-state index contributed by atoms with van der Waals surface area (Å²) in [7, 11) is 0. The molecule has 4 aromatic rings. The van der Waals surface area contributed by atoms with Crippen molar-refractivity contribution in [2.75, 3.05) is 19.1 Å². The molecule has 0 fully saturated rings. The Morgan fingerprint density at radius 2 is 1.77 bits per heavy atom. The van der Waals surface area contributed by atoms with Gasteiger partial charge in [-0.15, -0.1) is 11.6 Å². The molecule has 0 amide bonds. The van der Waals surface area contributed by atoms with Crippen molar-refractivity contribution in [1.82, 2.24) is 9.97 Å². The van der Waals surface area contributed by atoms with Gasteiger partial charge in [0.15, 0.2) is 18.1 Å². The maximum atomic E-state index is 12.3. The SMILES string of the molecule is CCOC(=O)COc1nc(Oc2cc(C)cc(CCCl)c2)nc(Oc2cc(C#N)ccc2Oc2ccccc2Cl)c1[N+](=O)[O-]. The van der Waals surface area contributed by atoms with E-state index >= 15 is 0 Å². The summed E-state index contributed by atoms with van der Waals surface area (Å²) < 4.78 is 28.0. The van der Waals surface area contributed by atoms with Crippen LogP contribution in [0.25, 0.3) is 0 Å². The number of nitriles is 1. The van der Waals surface area contributed by atoms with Crippen LogP contribution in [-0.2, 0) is 16.0 Å². The van der Waals surface area contributed by atoms with Crippen LogP contribution < -0.4 is 18.9 Å². The van der Waals surface area contributed by atoms with E-state index in [4.69, 9.17) is 46.9 Å². The second-order valence-electron chi connectivity index (χ2n) is 8.92. The molecule has 0 spiro atoms. The molecule has 0 aliphatic rings. The Labute approximate surface area is 261 Å². The highest BCUT2D eigenvalue weighted by Crippen LogP contribution is 2.43. The summed E-state index contributed by atoms with van der Waals surface area (Å²) >= 11 is 12.2. The lowest BCUT2D eigenvalue weighted by Crippen LogP contribution is -2.16. The van der Waals surface area contributed by atoms with Gasteiger partial charge in [0.2, 0.25) is 0 Å². The Morgan fingerprint density at radius 1 is 1.00 bits per heavy atom. The second-order valence-corrected chi connectivity index (χ2v) is 9.70. The summed E-state index contributed by atoms with van der Waals surface area (Å²) in [5.74, 6) is -1.13. The van der Waals surface area contributed by atoms with Gasteiger partial charge in [-0.3, -0.25) is 10.1 Å². The number of ether oxygens (including phenoxy) is 5. The van der Waals surface area contributed by atoms with Crippen LogP contribution >= 0.6 is 23.2 Å². The molecular weight excluding hydrogens is 615 g/mol. The van der Waals surface area contributed by atoms with Gasteiger partial charge in [-0.05, 0) is 67.8 Å². The van der Waals surface area contributed by atoms with Crippen LogP contribution in [0.15, 0.2) is 60.7 Å². The largest absolute Gasteiger partial charge is 0.463 e. The van der Waals surface area contributed by atoms with E-state index in [1.165, 1.54) is 18.2 Å². The van der Waals surface area contributed by atoms with Crippen molar-refractivity contribution in [3.63, 3.8) is 0 Å². The summed E-state index contributed by atoms with van der Waals surface area (Å²) in [6, 6.07) is 17.7. The van der Waals surface area contributed by atoms with Crippen molar-refractivity contribution in [1.29, 1.82) is 5.26 Å². The molecule has 12 nitrogen and oxygen atoms in total. The first-order chi connectivity index (χ1) is 21.2. The lowest BCUT2D eigenvalue weighted by molar-refractivity contribution is -0.387. The molecule has 0 aliphatic carbocycles. The number of carbonyl (C=O) groups is 1. The number of aromatic nitrogens is 2. The van der Waals surface area contributed by atoms with Crippen LogP contribution in [0.2, 0.25) is 5.02 Å². The third-order valence-electron chi connectivity index (χ3n) is 5.65. The molecule has 0 saturated carbocycles. The Balaban J connectivity index is 1.82. The van der Waals surface area contributed by atoms with E-state index in [-0.39, 0.29) is 34.4 Å². The summed E-state index contributed by atoms with van der Waals surface area (Å²) in [6.07, 6.45) is 0.562. The van der Waals surface area contributed by atoms with Crippen LogP contribution in [0.4, 0.5) is 5.69 Å². The zero-order valence-corrected chi connectivity index (χ0v) is 24.9. The number of hydrogen-bond donors (Lipinski definition) is 0. The maximum Gasteiger partial charge on any atom is 0.392 e. The fraction of sp³-hybridized carbons (Fsp3) is 0.200. The average molecular weight is 639 g/mol. The highest BCUT2D eigenvalue weighted by molar-refractivity contribution is 6.32. The van der Waals surface area contributed by atoms with Crippen LogP contribution in [-0.4, -0.2) is 40.0 Å². The molecule has 14 heteroatoms. The minimum atomic E-state index is -0.840. The molecule has 0 radical (unpaired) electrons. The summed E-state index contributed by atoms with van der Waals surface area (Å²) in [5, 5.41) is 22.1. The topological polar surface area (TPSA) is 156 Å². The quantitative estimate of drug-likeness (QED) is 0.0625. The molecule has 44 heavy (non-hydrogen) atoms. The van der Waals surface area contributed by atoms with Gasteiger partial charge >= 0.3 is 29.4 Å². The van der Waals surface area contributed by atoms with E-state index in [0.29, 0.717) is 18.1 Å². The summed E-state index contributed by atoms with van der Waals surface area (Å²) in [5.41, 5.74) is 1.07. The molecule has 3 aromatic carbocycles. The number of aryl methyl sites for hydroxylation is 2. The second kappa shape index (κ2) is 14.9. The van der Waals surface area contributed by atoms with E-state index < -0.39 is 41.0 Å². The zero-order chi connectivity index (χ0) is 31.6. The van der Waals surface area contributed by atoms with Gasteiger partial charge < -0.3 is 23.7 Å². The highest BCUT2D eigenvalue weighted by Gasteiger charge is 2.31. The normalized spacial score (nSPS) is 10.4.